The molecule has 2 aromatic rings. The lowest BCUT2D eigenvalue weighted by Crippen LogP contribution is -2.30. The van der Waals surface area contributed by atoms with Gasteiger partial charge in [-0.3, -0.25) is 11.3 Å². The van der Waals surface area contributed by atoms with Crippen molar-refractivity contribution in [3.63, 3.8) is 0 Å². The highest BCUT2D eigenvalue weighted by molar-refractivity contribution is 9.10. The quantitative estimate of drug-likeness (QED) is 0.655. The largest absolute Gasteiger partial charge is 0.271 e. The van der Waals surface area contributed by atoms with E-state index in [2.05, 4.69) is 47.3 Å². The van der Waals surface area contributed by atoms with Gasteiger partial charge >= 0.3 is 0 Å². The summed E-state index contributed by atoms with van der Waals surface area (Å²) in [6.07, 6.45) is 0.696. The van der Waals surface area contributed by atoms with Crippen molar-refractivity contribution in [2.45, 2.75) is 26.3 Å². The Bertz CT molecular complexity index is 613. The predicted molar refractivity (Wildman–Crippen MR) is 83.8 cm³/mol. The van der Waals surface area contributed by atoms with Crippen LogP contribution in [0.4, 0.5) is 4.39 Å². The Morgan fingerprint density at radius 2 is 2.00 bits per heavy atom. The molecule has 2 nitrogen and oxygen atoms in total. The molecule has 2 rings (SSSR count). The number of hydrazine groups is 1. The summed E-state index contributed by atoms with van der Waals surface area (Å²) in [7, 11) is 0. The van der Waals surface area contributed by atoms with Gasteiger partial charge in [0.1, 0.15) is 5.82 Å². The standard InChI is InChI=1S/C16H18BrFN2/c1-10-4-3-5-14(11(10)2)16(20-19)8-12-6-7-13(18)9-15(12)17/h3-7,9,16,20H,8,19H2,1-2H3. The molecule has 0 radical (unpaired) electrons. The van der Waals surface area contributed by atoms with Gasteiger partial charge in [-0.15, -0.1) is 0 Å². The number of aryl methyl sites for hydroxylation is 1. The van der Waals surface area contributed by atoms with Crippen molar-refractivity contribution in [2.24, 2.45) is 5.84 Å². The fourth-order valence-corrected chi connectivity index (χ4v) is 2.83. The van der Waals surface area contributed by atoms with Crippen LogP contribution in [0.5, 0.6) is 0 Å². The third-order valence-corrected chi connectivity index (χ3v) is 4.40. The average molecular weight is 337 g/mol. The maximum atomic E-state index is 13.1. The van der Waals surface area contributed by atoms with Crippen molar-refractivity contribution in [1.29, 1.82) is 0 Å². The molecule has 0 aliphatic rings. The van der Waals surface area contributed by atoms with E-state index in [0.717, 1.165) is 10.0 Å². The number of nitrogens with two attached hydrogens (primary N) is 1. The van der Waals surface area contributed by atoms with Gasteiger partial charge in [-0.2, -0.15) is 0 Å². The first kappa shape index (κ1) is 15.2. The number of hydrogen-bond donors (Lipinski definition) is 2. The van der Waals surface area contributed by atoms with Crippen molar-refractivity contribution in [3.8, 4) is 0 Å². The molecule has 0 aromatic heterocycles. The Hall–Kier alpha value is -1.23. The number of benzene rings is 2. The second-order valence-electron chi connectivity index (χ2n) is 4.95. The fraction of sp³-hybridized carbons (Fsp3) is 0.250. The van der Waals surface area contributed by atoms with E-state index in [9.17, 15) is 4.39 Å². The Morgan fingerprint density at radius 1 is 1.25 bits per heavy atom. The summed E-state index contributed by atoms with van der Waals surface area (Å²) in [6.45, 7) is 4.18. The Labute approximate surface area is 127 Å². The summed E-state index contributed by atoms with van der Waals surface area (Å²) < 4.78 is 13.9. The normalized spacial score (nSPS) is 12.4. The summed E-state index contributed by atoms with van der Waals surface area (Å²) >= 11 is 3.40. The topological polar surface area (TPSA) is 38.0 Å². The van der Waals surface area contributed by atoms with Crippen LogP contribution >= 0.6 is 15.9 Å². The van der Waals surface area contributed by atoms with E-state index in [1.54, 1.807) is 6.07 Å². The zero-order valence-corrected chi connectivity index (χ0v) is 13.2. The van der Waals surface area contributed by atoms with Gasteiger partial charge in [-0.25, -0.2) is 4.39 Å². The molecule has 1 unspecified atom stereocenters. The molecule has 0 aliphatic heterocycles. The second kappa shape index (κ2) is 6.48. The smallest absolute Gasteiger partial charge is 0.124 e. The van der Waals surface area contributed by atoms with E-state index in [1.165, 1.54) is 28.8 Å². The van der Waals surface area contributed by atoms with Gasteiger partial charge in [0.2, 0.25) is 0 Å². The fourth-order valence-electron chi connectivity index (χ4n) is 2.32. The molecule has 3 N–H and O–H groups in total. The minimum absolute atomic E-state index is 0.00309. The van der Waals surface area contributed by atoms with Crippen LogP contribution in [0.15, 0.2) is 40.9 Å². The average Bonchev–Trinajstić information content (AvgIpc) is 2.42. The van der Waals surface area contributed by atoms with Crippen LogP contribution in [0.2, 0.25) is 0 Å². The Balaban J connectivity index is 2.31. The summed E-state index contributed by atoms with van der Waals surface area (Å²) in [4.78, 5) is 0. The van der Waals surface area contributed by atoms with Gasteiger partial charge in [0, 0.05) is 4.47 Å². The lowest BCUT2D eigenvalue weighted by Gasteiger charge is -2.20. The molecule has 106 valence electrons. The van der Waals surface area contributed by atoms with Gasteiger partial charge in [0.15, 0.2) is 0 Å². The summed E-state index contributed by atoms with van der Waals surface area (Å²) in [5, 5.41) is 0. The maximum absolute atomic E-state index is 13.1. The van der Waals surface area contributed by atoms with Gasteiger partial charge in [-0.1, -0.05) is 40.2 Å². The van der Waals surface area contributed by atoms with Crippen LogP contribution in [-0.4, -0.2) is 0 Å². The molecule has 1 atom stereocenters. The van der Waals surface area contributed by atoms with Gasteiger partial charge in [0.05, 0.1) is 6.04 Å². The molecular weight excluding hydrogens is 319 g/mol. The van der Waals surface area contributed by atoms with Crippen molar-refractivity contribution in [2.75, 3.05) is 0 Å². The molecule has 4 heteroatoms. The first-order valence-electron chi connectivity index (χ1n) is 6.49. The number of nitrogens with one attached hydrogen (secondary N) is 1. The molecule has 0 heterocycles. The lowest BCUT2D eigenvalue weighted by atomic mass is 9.93. The van der Waals surface area contributed by atoms with Gasteiger partial charge in [0.25, 0.3) is 0 Å². The molecule has 0 fully saturated rings. The number of rotatable bonds is 4. The van der Waals surface area contributed by atoms with Crippen molar-refractivity contribution in [1.82, 2.24) is 5.43 Å². The second-order valence-corrected chi connectivity index (χ2v) is 5.80. The van der Waals surface area contributed by atoms with E-state index in [0.29, 0.717) is 6.42 Å². The molecule has 2 aromatic carbocycles. The zero-order chi connectivity index (χ0) is 14.7. The Kier molecular flexibility index (Phi) is 4.91. The predicted octanol–water partition coefficient (Wildman–Crippen LogP) is 3.95. The van der Waals surface area contributed by atoms with Crippen molar-refractivity contribution >= 4 is 15.9 Å². The highest BCUT2D eigenvalue weighted by atomic mass is 79.9. The van der Waals surface area contributed by atoms with E-state index >= 15 is 0 Å². The van der Waals surface area contributed by atoms with Crippen LogP contribution in [0, 0.1) is 19.7 Å². The third-order valence-electron chi connectivity index (χ3n) is 3.66. The van der Waals surface area contributed by atoms with Crippen LogP contribution in [-0.2, 0) is 6.42 Å². The molecular formula is C16H18BrFN2. The Morgan fingerprint density at radius 3 is 2.65 bits per heavy atom. The summed E-state index contributed by atoms with van der Waals surface area (Å²) in [5.74, 6) is 5.47. The van der Waals surface area contributed by atoms with E-state index < -0.39 is 0 Å². The molecule has 0 bridgehead atoms. The first-order valence-corrected chi connectivity index (χ1v) is 7.28. The van der Waals surface area contributed by atoms with Crippen LogP contribution < -0.4 is 11.3 Å². The van der Waals surface area contributed by atoms with Crippen molar-refractivity contribution in [3.05, 3.63) is 68.9 Å². The van der Waals surface area contributed by atoms with Crippen molar-refractivity contribution < 1.29 is 4.39 Å². The monoisotopic (exact) mass is 336 g/mol. The van der Waals surface area contributed by atoms with Gasteiger partial charge < -0.3 is 0 Å². The third kappa shape index (κ3) is 3.26. The molecule has 0 aliphatic carbocycles. The highest BCUT2D eigenvalue weighted by Crippen LogP contribution is 2.27. The molecule has 0 spiro atoms. The lowest BCUT2D eigenvalue weighted by molar-refractivity contribution is 0.547. The first-order chi connectivity index (χ1) is 9.52. The molecule has 0 saturated carbocycles. The van der Waals surface area contributed by atoms with Crippen LogP contribution in [0.1, 0.15) is 28.3 Å². The summed E-state index contributed by atoms with van der Waals surface area (Å²) in [5.41, 5.74) is 7.52. The van der Waals surface area contributed by atoms with E-state index in [-0.39, 0.29) is 11.9 Å². The minimum atomic E-state index is -0.246. The summed E-state index contributed by atoms with van der Waals surface area (Å²) in [6, 6.07) is 10.9. The van der Waals surface area contributed by atoms with Crippen LogP contribution in [0.3, 0.4) is 0 Å². The molecule has 20 heavy (non-hydrogen) atoms. The maximum Gasteiger partial charge on any atom is 0.124 e. The number of halogens is 2. The SMILES string of the molecule is Cc1cccc(C(Cc2ccc(F)cc2Br)NN)c1C. The minimum Gasteiger partial charge on any atom is -0.271 e. The number of hydrogen-bond acceptors (Lipinski definition) is 2. The molecule has 0 saturated heterocycles. The van der Waals surface area contributed by atoms with E-state index in [4.69, 9.17) is 5.84 Å². The zero-order valence-electron chi connectivity index (χ0n) is 11.6. The highest BCUT2D eigenvalue weighted by Gasteiger charge is 2.15. The van der Waals surface area contributed by atoms with E-state index in [1.807, 2.05) is 6.07 Å². The van der Waals surface area contributed by atoms with Crippen LogP contribution in [0.25, 0.3) is 0 Å². The van der Waals surface area contributed by atoms with Gasteiger partial charge in [-0.05, 0) is 54.7 Å². The molecule has 0 amide bonds.